The van der Waals surface area contributed by atoms with Gasteiger partial charge in [0.1, 0.15) is 11.2 Å². The lowest BCUT2D eigenvalue weighted by Gasteiger charge is -2.35. The van der Waals surface area contributed by atoms with E-state index in [1.165, 1.54) is 49.0 Å². The van der Waals surface area contributed by atoms with E-state index in [1.54, 1.807) is 11.3 Å². The highest BCUT2D eigenvalue weighted by molar-refractivity contribution is 7.26. The summed E-state index contributed by atoms with van der Waals surface area (Å²) in [5, 5.41) is 6.83. The molecule has 0 N–H and O–H groups in total. The van der Waals surface area contributed by atoms with Crippen molar-refractivity contribution < 1.29 is 4.42 Å². The van der Waals surface area contributed by atoms with Crippen molar-refractivity contribution in [1.29, 1.82) is 0 Å². The van der Waals surface area contributed by atoms with Crippen LogP contribution in [-0.2, 0) is 5.41 Å². The van der Waals surface area contributed by atoms with Crippen molar-refractivity contribution in [3.8, 4) is 78.7 Å². The molecule has 0 radical (unpaired) electrons. The summed E-state index contributed by atoms with van der Waals surface area (Å²) in [5.41, 5.74) is 17.9. The topological polar surface area (TPSA) is 51.8 Å². The molecule has 16 rings (SSSR count). The fraction of sp³-hybridized carbons (Fsp3) is 0.0135. The van der Waals surface area contributed by atoms with E-state index in [9.17, 15) is 0 Å². The van der Waals surface area contributed by atoms with Gasteiger partial charge in [-0.3, -0.25) is 0 Å². The maximum atomic E-state index is 6.78. The number of hydrogen-bond donors (Lipinski definition) is 0. The molecule has 0 spiro atoms. The molecule has 368 valence electrons. The third-order valence-corrected chi connectivity index (χ3v) is 17.4. The van der Waals surface area contributed by atoms with Crippen molar-refractivity contribution in [3.05, 3.63) is 295 Å². The minimum absolute atomic E-state index is 0.600. The van der Waals surface area contributed by atoms with Gasteiger partial charge in [0, 0.05) is 53.2 Å². The summed E-state index contributed by atoms with van der Waals surface area (Å²) in [4.78, 5) is 16.7. The van der Waals surface area contributed by atoms with Gasteiger partial charge in [-0.15, -0.1) is 11.3 Å². The Bertz CT molecular complexity index is 4840. The van der Waals surface area contributed by atoms with E-state index in [-0.39, 0.29) is 0 Å². The molecule has 0 amide bonds. The van der Waals surface area contributed by atoms with Crippen LogP contribution in [0, 0.1) is 0 Å². The third-order valence-electron chi connectivity index (χ3n) is 16.2. The molecule has 4 nitrogen and oxygen atoms in total. The Morgan fingerprint density at radius 3 is 1.48 bits per heavy atom. The lowest BCUT2D eigenvalue weighted by molar-refractivity contribution is 0.670. The Morgan fingerprint density at radius 1 is 0.304 bits per heavy atom. The van der Waals surface area contributed by atoms with E-state index in [2.05, 4.69) is 273 Å². The van der Waals surface area contributed by atoms with E-state index < -0.39 is 5.41 Å². The lowest BCUT2D eigenvalue weighted by atomic mass is 9.66. The molecule has 1 aliphatic rings. The van der Waals surface area contributed by atoms with Crippen LogP contribution < -0.4 is 0 Å². The number of thiophene rings is 1. The molecule has 0 bridgehead atoms. The first-order valence-electron chi connectivity index (χ1n) is 26.8. The van der Waals surface area contributed by atoms with Gasteiger partial charge in [0.25, 0.3) is 0 Å². The monoisotopic (exact) mass is 1020 g/mol. The number of para-hydroxylation sites is 1. The summed E-state index contributed by atoms with van der Waals surface area (Å²) in [6.45, 7) is 0. The number of aromatic nitrogens is 3. The molecule has 1 aliphatic carbocycles. The first-order valence-corrected chi connectivity index (χ1v) is 27.6. The minimum Gasteiger partial charge on any atom is -0.455 e. The summed E-state index contributed by atoms with van der Waals surface area (Å²) in [5.74, 6) is 1.82. The molecular formula is C74H45N3OS. The summed E-state index contributed by atoms with van der Waals surface area (Å²) < 4.78 is 9.13. The Balaban J connectivity index is 0.896. The molecular weight excluding hydrogens is 979 g/mol. The van der Waals surface area contributed by atoms with E-state index in [0.717, 1.165) is 87.3 Å². The largest absolute Gasteiger partial charge is 0.455 e. The standard InChI is InChI=1S/C74H45N3OS/c1-3-17-46(18-4-1)47-33-35-48(36-34-47)49-37-39-50(40-38-49)71-75-72(59-25-11-14-31-65(59)74(54-21-5-2-6-22-54)63-29-12-9-23-56(63)57-24-10-13-30-64(57)74)77-73(76-71)60-28-16-32-68-69(60)62-44-53(41-42-67(62)79-68)55-26-15-27-58-61-43-51-19-7-8-20-52(51)45-66(61)78-70(55)58/h1-45H. The smallest absolute Gasteiger partial charge is 0.164 e. The van der Waals surface area contributed by atoms with Crippen LogP contribution in [0.15, 0.2) is 277 Å². The number of furan rings is 1. The van der Waals surface area contributed by atoms with Crippen LogP contribution in [0.25, 0.3) is 132 Å². The Kier molecular flexibility index (Phi) is 10.3. The highest BCUT2D eigenvalue weighted by Gasteiger charge is 2.47. The van der Waals surface area contributed by atoms with Gasteiger partial charge in [-0.1, -0.05) is 243 Å². The van der Waals surface area contributed by atoms with Crippen LogP contribution in [0.3, 0.4) is 0 Å². The number of hydrogen-bond acceptors (Lipinski definition) is 5. The van der Waals surface area contributed by atoms with Crippen LogP contribution in [0.2, 0.25) is 0 Å². The summed E-state index contributed by atoms with van der Waals surface area (Å²) in [6, 6.07) is 98.2. The van der Waals surface area contributed by atoms with Crippen LogP contribution >= 0.6 is 11.3 Å². The van der Waals surface area contributed by atoms with Crippen molar-refractivity contribution in [1.82, 2.24) is 15.0 Å². The molecule has 0 atom stereocenters. The molecule has 12 aromatic carbocycles. The van der Waals surface area contributed by atoms with Gasteiger partial charge < -0.3 is 4.42 Å². The maximum Gasteiger partial charge on any atom is 0.164 e. The highest BCUT2D eigenvalue weighted by Crippen LogP contribution is 2.57. The molecule has 15 aromatic rings. The Hall–Kier alpha value is -10.1. The first kappa shape index (κ1) is 45.2. The summed E-state index contributed by atoms with van der Waals surface area (Å²) in [6.07, 6.45) is 0. The zero-order valence-electron chi connectivity index (χ0n) is 42.6. The van der Waals surface area contributed by atoms with Crippen molar-refractivity contribution in [3.63, 3.8) is 0 Å². The lowest BCUT2D eigenvalue weighted by Crippen LogP contribution is -2.29. The Labute approximate surface area is 460 Å². The van der Waals surface area contributed by atoms with E-state index in [4.69, 9.17) is 19.4 Å². The van der Waals surface area contributed by atoms with Crippen molar-refractivity contribution in [2.75, 3.05) is 0 Å². The average Bonchev–Trinajstić information content (AvgIpc) is 3.52. The van der Waals surface area contributed by atoms with E-state index in [1.807, 2.05) is 0 Å². The SMILES string of the molecule is c1ccc(-c2ccc(-c3ccc(-c4nc(-c5ccccc5C5(c6ccccc6)c6ccccc6-c6ccccc65)nc(-c5cccc6sc7ccc(-c8cccc9c8oc8cc%10ccccc%10cc89)cc7c56)n4)cc3)cc2)cc1. The number of nitrogens with zero attached hydrogens (tertiary/aromatic N) is 3. The van der Waals surface area contributed by atoms with Crippen LogP contribution in [0.4, 0.5) is 0 Å². The zero-order valence-corrected chi connectivity index (χ0v) is 43.5. The predicted octanol–water partition coefficient (Wildman–Crippen LogP) is 19.7. The molecule has 0 saturated carbocycles. The summed E-state index contributed by atoms with van der Waals surface area (Å²) >= 11 is 1.79. The molecule has 3 aromatic heterocycles. The van der Waals surface area contributed by atoms with Gasteiger partial charge in [-0.05, 0) is 102 Å². The van der Waals surface area contributed by atoms with Gasteiger partial charge in [0.2, 0.25) is 0 Å². The van der Waals surface area contributed by atoms with E-state index in [0.29, 0.717) is 17.5 Å². The Morgan fingerprint density at radius 2 is 0.797 bits per heavy atom. The fourth-order valence-electron chi connectivity index (χ4n) is 12.6. The van der Waals surface area contributed by atoms with Crippen molar-refractivity contribution in [2.24, 2.45) is 0 Å². The molecule has 5 heteroatoms. The van der Waals surface area contributed by atoms with Gasteiger partial charge in [0.15, 0.2) is 17.5 Å². The van der Waals surface area contributed by atoms with Crippen molar-refractivity contribution >= 4 is 64.2 Å². The molecule has 0 fully saturated rings. The number of rotatable bonds is 8. The van der Waals surface area contributed by atoms with Gasteiger partial charge in [0.05, 0.1) is 5.41 Å². The van der Waals surface area contributed by atoms with Gasteiger partial charge >= 0.3 is 0 Å². The third kappa shape index (κ3) is 7.17. The molecule has 0 unspecified atom stereocenters. The molecule has 0 saturated heterocycles. The second-order valence-corrected chi connectivity index (χ2v) is 21.6. The second-order valence-electron chi connectivity index (χ2n) is 20.6. The second kappa shape index (κ2) is 18.0. The normalized spacial score (nSPS) is 12.7. The number of benzene rings is 12. The van der Waals surface area contributed by atoms with Crippen molar-refractivity contribution in [2.45, 2.75) is 5.41 Å². The summed E-state index contributed by atoms with van der Waals surface area (Å²) in [7, 11) is 0. The highest BCUT2D eigenvalue weighted by atomic mass is 32.1. The zero-order chi connectivity index (χ0) is 52.0. The van der Waals surface area contributed by atoms with Gasteiger partial charge in [-0.25, -0.2) is 15.0 Å². The first-order chi connectivity index (χ1) is 39.1. The predicted molar refractivity (Wildman–Crippen MR) is 327 cm³/mol. The number of fused-ring (bicyclic) bond motifs is 10. The van der Waals surface area contributed by atoms with Crippen LogP contribution in [0.1, 0.15) is 22.3 Å². The maximum absolute atomic E-state index is 6.78. The molecule has 79 heavy (non-hydrogen) atoms. The van der Waals surface area contributed by atoms with Crippen LogP contribution in [0.5, 0.6) is 0 Å². The quantitative estimate of drug-likeness (QED) is 0.152. The average molecular weight is 1020 g/mol. The molecule has 0 aliphatic heterocycles. The van der Waals surface area contributed by atoms with E-state index >= 15 is 0 Å². The minimum atomic E-state index is -0.675. The molecule has 3 heterocycles. The van der Waals surface area contributed by atoms with Crippen LogP contribution in [-0.4, -0.2) is 15.0 Å². The fourth-order valence-corrected chi connectivity index (χ4v) is 13.7. The van der Waals surface area contributed by atoms with Gasteiger partial charge in [-0.2, -0.15) is 0 Å².